The summed E-state index contributed by atoms with van der Waals surface area (Å²) in [7, 11) is 0. The van der Waals surface area contributed by atoms with Crippen molar-refractivity contribution in [2.75, 3.05) is 13.1 Å². The maximum atomic E-state index is 12.0. The summed E-state index contributed by atoms with van der Waals surface area (Å²) in [5, 5.41) is 10.2. The van der Waals surface area contributed by atoms with Crippen molar-refractivity contribution in [1.29, 1.82) is 0 Å². The summed E-state index contributed by atoms with van der Waals surface area (Å²) in [6.07, 6.45) is 8.77. The third-order valence-corrected chi connectivity index (χ3v) is 4.84. The highest BCUT2D eigenvalue weighted by Gasteiger charge is 2.34. The van der Waals surface area contributed by atoms with E-state index in [4.69, 9.17) is 0 Å². The van der Waals surface area contributed by atoms with Gasteiger partial charge >= 0.3 is 0 Å². The zero-order valence-electron chi connectivity index (χ0n) is 13.1. The van der Waals surface area contributed by atoms with E-state index in [0.29, 0.717) is 18.0 Å². The molecule has 1 aliphatic heterocycles. The van der Waals surface area contributed by atoms with E-state index in [9.17, 15) is 4.79 Å². The fourth-order valence-corrected chi connectivity index (χ4v) is 3.72. The van der Waals surface area contributed by atoms with Crippen molar-refractivity contribution in [3.63, 3.8) is 0 Å². The molecule has 116 valence electrons. The number of hydrogen-bond acceptors (Lipinski definition) is 3. The molecule has 2 fully saturated rings. The van der Waals surface area contributed by atoms with Crippen molar-refractivity contribution in [1.82, 2.24) is 16.0 Å². The monoisotopic (exact) mass is 281 g/mol. The lowest BCUT2D eigenvalue weighted by Gasteiger charge is -2.37. The van der Waals surface area contributed by atoms with E-state index in [1.165, 1.54) is 45.1 Å². The molecule has 1 amide bonds. The molecule has 0 radical (unpaired) electrons. The van der Waals surface area contributed by atoms with Gasteiger partial charge in [-0.25, -0.2) is 0 Å². The van der Waals surface area contributed by atoms with E-state index in [0.717, 1.165) is 13.0 Å². The highest BCUT2D eigenvalue weighted by atomic mass is 16.2. The van der Waals surface area contributed by atoms with Gasteiger partial charge in [-0.2, -0.15) is 0 Å². The van der Waals surface area contributed by atoms with Gasteiger partial charge in [0.15, 0.2) is 0 Å². The standard InChI is InChI=1S/C16H31N3O/c1-3-10-18-16(20)12(2)19-15-8-5-4-7-13(15)14-9-6-11-17-14/h12-15,17,19H,3-11H2,1-2H3,(H,18,20). The predicted molar refractivity (Wildman–Crippen MR) is 82.7 cm³/mol. The zero-order chi connectivity index (χ0) is 14.4. The highest BCUT2D eigenvalue weighted by molar-refractivity contribution is 5.81. The average Bonchev–Trinajstić information content (AvgIpc) is 2.99. The first kappa shape index (κ1) is 15.8. The van der Waals surface area contributed by atoms with Crippen molar-refractivity contribution in [2.24, 2.45) is 5.92 Å². The van der Waals surface area contributed by atoms with Crippen molar-refractivity contribution in [3.05, 3.63) is 0 Å². The Labute approximate surface area is 123 Å². The van der Waals surface area contributed by atoms with Crippen LogP contribution in [0.15, 0.2) is 0 Å². The third-order valence-electron chi connectivity index (χ3n) is 4.84. The largest absolute Gasteiger partial charge is 0.355 e. The van der Waals surface area contributed by atoms with Crippen LogP contribution < -0.4 is 16.0 Å². The predicted octanol–water partition coefficient (Wildman–Crippen LogP) is 1.80. The van der Waals surface area contributed by atoms with E-state index < -0.39 is 0 Å². The van der Waals surface area contributed by atoms with Gasteiger partial charge in [-0.05, 0) is 51.5 Å². The molecule has 0 bridgehead atoms. The SMILES string of the molecule is CCCNC(=O)C(C)NC1CCCCC1C1CCCN1. The van der Waals surface area contributed by atoms with E-state index >= 15 is 0 Å². The minimum Gasteiger partial charge on any atom is -0.355 e. The molecule has 1 saturated heterocycles. The highest BCUT2D eigenvalue weighted by Crippen LogP contribution is 2.30. The Morgan fingerprint density at radius 1 is 1.25 bits per heavy atom. The summed E-state index contributed by atoms with van der Waals surface area (Å²) in [5.41, 5.74) is 0. The quantitative estimate of drug-likeness (QED) is 0.696. The maximum absolute atomic E-state index is 12.0. The van der Waals surface area contributed by atoms with Crippen LogP contribution in [0.4, 0.5) is 0 Å². The molecule has 0 aromatic heterocycles. The lowest BCUT2D eigenvalue weighted by molar-refractivity contribution is -0.123. The van der Waals surface area contributed by atoms with Crippen molar-refractivity contribution < 1.29 is 4.79 Å². The molecule has 4 nitrogen and oxygen atoms in total. The first-order valence-electron chi connectivity index (χ1n) is 8.49. The van der Waals surface area contributed by atoms with Gasteiger partial charge in [0.05, 0.1) is 6.04 Å². The Morgan fingerprint density at radius 3 is 2.75 bits per heavy atom. The number of rotatable bonds is 6. The Bertz CT molecular complexity index is 302. The molecule has 2 aliphatic rings. The lowest BCUT2D eigenvalue weighted by atomic mass is 9.79. The number of nitrogens with one attached hydrogen (secondary N) is 3. The van der Waals surface area contributed by atoms with Crippen molar-refractivity contribution in [3.8, 4) is 0 Å². The summed E-state index contributed by atoms with van der Waals surface area (Å²) in [5.74, 6) is 0.850. The molecule has 1 saturated carbocycles. The minimum atomic E-state index is -0.0754. The molecule has 1 heterocycles. The minimum absolute atomic E-state index is 0.0754. The van der Waals surface area contributed by atoms with Crippen LogP contribution in [0.3, 0.4) is 0 Å². The molecule has 0 aromatic carbocycles. The van der Waals surface area contributed by atoms with E-state index in [-0.39, 0.29) is 11.9 Å². The molecule has 2 rings (SSSR count). The van der Waals surface area contributed by atoms with Crippen LogP contribution in [0, 0.1) is 5.92 Å². The van der Waals surface area contributed by atoms with Crippen LogP contribution in [0.5, 0.6) is 0 Å². The van der Waals surface area contributed by atoms with E-state index in [1.54, 1.807) is 0 Å². The molecular weight excluding hydrogens is 250 g/mol. The zero-order valence-corrected chi connectivity index (χ0v) is 13.1. The number of carbonyl (C=O) groups is 1. The Balaban J connectivity index is 1.86. The topological polar surface area (TPSA) is 53.2 Å². The Morgan fingerprint density at radius 2 is 2.05 bits per heavy atom. The normalized spacial score (nSPS) is 32.0. The molecule has 4 unspecified atom stereocenters. The lowest BCUT2D eigenvalue weighted by Crippen LogP contribution is -2.53. The number of amides is 1. The fourth-order valence-electron chi connectivity index (χ4n) is 3.72. The molecule has 1 aliphatic carbocycles. The second-order valence-corrected chi connectivity index (χ2v) is 6.44. The third kappa shape index (κ3) is 4.19. The second kappa shape index (κ2) is 7.99. The van der Waals surface area contributed by atoms with Crippen LogP contribution >= 0.6 is 0 Å². The van der Waals surface area contributed by atoms with Crippen LogP contribution in [0.2, 0.25) is 0 Å². The van der Waals surface area contributed by atoms with Gasteiger partial charge in [0.2, 0.25) is 5.91 Å². The molecule has 0 aromatic rings. The van der Waals surface area contributed by atoms with Crippen LogP contribution in [0.1, 0.15) is 58.8 Å². The molecular formula is C16H31N3O. The van der Waals surface area contributed by atoms with Crippen molar-refractivity contribution >= 4 is 5.91 Å². The van der Waals surface area contributed by atoms with E-state index in [1.807, 2.05) is 6.92 Å². The summed E-state index contributed by atoms with van der Waals surface area (Å²) in [4.78, 5) is 12.0. The summed E-state index contributed by atoms with van der Waals surface area (Å²) in [6.45, 7) is 6.03. The molecule has 4 heteroatoms. The van der Waals surface area contributed by atoms with Gasteiger partial charge in [0, 0.05) is 18.6 Å². The Kier molecular flexibility index (Phi) is 6.30. The first-order valence-corrected chi connectivity index (χ1v) is 8.49. The van der Waals surface area contributed by atoms with Gasteiger partial charge < -0.3 is 16.0 Å². The van der Waals surface area contributed by atoms with Crippen LogP contribution in [0.25, 0.3) is 0 Å². The molecule has 0 spiro atoms. The maximum Gasteiger partial charge on any atom is 0.236 e. The van der Waals surface area contributed by atoms with Crippen LogP contribution in [-0.4, -0.2) is 37.1 Å². The Hall–Kier alpha value is -0.610. The summed E-state index contributed by atoms with van der Waals surface area (Å²) < 4.78 is 0. The van der Waals surface area contributed by atoms with Gasteiger partial charge in [0.25, 0.3) is 0 Å². The van der Waals surface area contributed by atoms with Gasteiger partial charge in [-0.1, -0.05) is 19.8 Å². The number of hydrogen-bond donors (Lipinski definition) is 3. The number of carbonyl (C=O) groups excluding carboxylic acids is 1. The van der Waals surface area contributed by atoms with Gasteiger partial charge in [0.1, 0.15) is 0 Å². The van der Waals surface area contributed by atoms with Gasteiger partial charge in [-0.3, -0.25) is 4.79 Å². The van der Waals surface area contributed by atoms with E-state index in [2.05, 4.69) is 22.9 Å². The smallest absolute Gasteiger partial charge is 0.236 e. The second-order valence-electron chi connectivity index (χ2n) is 6.44. The summed E-state index contributed by atoms with van der Waals surface area (Å²) >= 11 is 0. The summed E-state index contributed by atoms with van der Waals surface area (Å²) in [6, 6.07) is 1.09. The average molecular weight is 281 g/mol. The van der Waals surface area contributed by atoms with Crippen LogP contribution in [-0.2, 0) is 4.79 Å². The molecule has 4 atom stereocenters. The molecule has 20 heavy (non-hydrogen) atoms. The van der Waals surface area contributed by atoms with Gasteiger partial charge in [-0.15, -0.1) is 0 Å². The van der Waals surface area contributed by atoms with Crippen molar-refractivity contribution in [2.45, 2.75) is 76.9 Å². The fraction of sp³-hybridized carbons (Fsp3) is 0.938. The first-order chi connectivity index (χ1) is 9.72. The molecule has 3 N–H and O–H groups in total.